The molecular formula is C30H39N7O3S. The molecule has 0 atom stereocenters. The fourth-order valence-corrected chi connectivity index (χ4v) is 7.84. The lowest BCUT2D eigenvalue weighted by molar-refractivity contribution is -0.134. The third-order valence-electron chi connectivity index (χ3n) is 9.22. The van der Waals surface area contributed by atoms with E-state index in [0.717, 1.165) is 79.5 Å². The Labute approximate surface area is 245 Å². The van der Waals surface area contributed by atoms with Gasteiger partial charge >= 0.3 is 0 Å². The van der Waals surface area contributed by atoms with Gasteiger partial charge in [-0.15, -0.1) is 11.3 Å². The number of rotatable bonds is 6. The summed E-state index contributed by atoms with van der Waals surface area (Å²) in [5.41, 5.74) is 7.45. The summed E-state index contributed by atoms with van der Waals surface area (Å²) in [6, 6.07) is 8.18. The number of carbonyl (C=O) groups excluding carboxylic acids is 2. The number of anilines is 2. The van der Waals surface area contributed by atoms with E-state index in [9.17, 15) is 9.59 Å². The number of methoxy groups -OCH3 is 1. The molecule has 2 N–H and O–H groups in total. The van der Waals surface area contributed by atoms with Gasteiger partial charge in [-0.05, 0) is 75.5 Å². The minimum Gasteiger partial charge on any atom is -0.497 e. The van der Waals surface area contributed by atoms with Crippen molar-refractivity contribution in [3.8, 4) is 5.75 Å². The van der Waals surface area contributed by atoms with Gasteiger partial charge in [0.05, 0.1) is 17.4 Å². The Morgan fingerprint density at radius 3 is 2.20 bits per heavy atom. The average molecular weight is 578 g/mol. The van der Waals surface area contributed by atoms with Crippen molar-refractivity contribution in [3.63, 3.8) is 0 Å². The Morgan fingerprint density at radius 1 is 0.902 bits per heavy atom. The number of hydrogen-bond donors (Lipinski definition) is 1. The quantitative estimate of drug-likeness (QED) is 0.476. The zero-order valence-corrected chi connectivity index (χ0v) is 24.8. The average Bonchev–Trinajstić information content (AvgIpc) is 3.37. The molecule has 3 aromatic rings. The first-order chi connectivity index (χ1) is 19.9. The van der Waals surface area contributed by atoms with Crippen LogP contribution < -0.4 is 20.3 Å². The first-order valence-electron chi connectivity index (χ1n) is 14.6. The lowest BCUT2D eigenvalue weighted by Gasteiger charge is -2.48. The maximum absolute atomic E-state index is 13.8. The van der Waals surface area contributed by atoms with Crippen molar-refractivity contribution in [1.82, 2.24) is 19.8 Å². The molecule has 0 aliphatic carbocycles. The van der Waals surface area contributed by atoms with E-state index in [1.807, 2.05) is 24.0 Å². The SMILES string of the molecule is COc1ccc(N2CCN(c3ncnc4sc(C(=O)N5CCC(C(N)=O)(N6CCCCC6)CC5)c(C)c34)CC2)cc1. The van der Waals surface area contributed by atoms with E-state index in [4.69, 9.17) is 15.5 Å². The second kappa shape index (κ2) is 11.4. The van der Waals surface area contributed by atoms with E-state index in [2.05, 4.69) is 31.8 Å². The van der Waals surface area contributed by atoms with Gasteiger partial charge in [0, 0.05) is 45.0 Å². The number of nitrogens with two attached hydrogens (primary N) is 1. The van der Waals surface area contributed by atoms with Gasteiger partial charge in [0.1, 0.15) is 28.3 Å². The maximum atomic E-state index is 13.8. The molecule has 2 aromatic heterocycles. The number of primary amides is 1. The number of aromatic nitrogens is 2. The minimum absolute atomic E-state index is 0.0116. The molecule has 10 nitrogen and oxygen atoms in total. The van der Waals surface area contributed by atoms with Gasteiger partial charge in [-0.1, -0.05) is 6.42 Å². The Balaban J connectivity index is 1.17. The summed E-state index contributed by atoms with van der Waals surface area (Å²) in [4.78, 5) is 46.1. The molecule has 0 bridgehead atoms. The van der Waals surface area contributed by atoms with Gasteiger partial charge in [0.2, 0.25) is 5.91 Å². The Kier molecular flexibility index (Phi) is 7.74. The van der Waals surface area contributed by atoms with Crippen LogP contribution in [0.2, 0.25) is 0 Å². The van der Waals surface area contributed by atoms with E-state index in [1.54, 1.807) is 13.4 Å². The van der Waals surface area contributed by atoms with Crippen LogP contribution in [0.5, 0.6) is 5.75 Å². The van der Waals surface area contributed by atoms with Crippen LogP contribution in [0, 0.1) is 6.92 Å². The largest absolute Gasteiger partial charge is 0.497 e. The van der Waals surface area contributed by atoms with Gasteiger partial charge in [0.25, 0.3) is 5.91 Å². The summed E-state index contributed by atoms with van der Waals surface area (Å²) in [5, 5.41) is 0.968. The summed E-state index contributed by atoms with van der Waals surface area (Å²) < 4.78 is 5.30. The standard InChI is InChI=1S/C30H39N7O3S/c1-21-24-26(35-18-16-34(17-19-35)22-6-8-23(40-2)9-7-22)32-20-33-27(24)41-25(21)28(38)36-14-10-30(11-15-36,29(31)39)37-12-4-3-5-13-37/h6-9,20H,3-5,10-19H2,1-2H3,(H2,31,39). The molecule has 1 aromatic carbocycles. The zero-order chi connectivity index (χ0) is 28.6. The zero-order valence-electron chi connectivity index (χ0n) is 24.0. The highest BCUT2D eigenvalue weighted by molar-refractivity contribution is 7.20. The second-order valence-corrected chi connectivity index (χ2v) is 12.3. The van der Waals surface area contributed by atoms with Crippen LogP contribution >= 0.6 is 11.3 Å². The molecule has 218 valence electrons. The Bertz CT molecular complexity index is 1400. The predicted molar refractivity (Wildman–Crippen MR) is 162 cm³/mol. The van der Waals surface area contributed by atoms with E-state index in [-0.39, 0.29) is 11.8 Å². The molecule has 6 rings (SSSR count). The van der Waals surface area contributed by atoms with Crippen molar-refractivity contribution >= 4 is 44.9 Å². The summed E-state index contributed by atoms with van der Waals surface area (Å²) in [6.07, 6.45) is 6.17. The topological polar surface area (TPSA) is 108 Å². The van der Waals surface area contributed by atoms with Crippen LogP contribution in [-0.4, -0.2) is 96.6 Å². The number of benzene rings is 1. The van der Waals surface area contributed by atoms with Crippen molar-refractivity contribution < 1.29 is 14.3 Å². The van der Waals surface area contributed by atoms with Crippen LogP contribution in [-0.2, 0) is 4.79 Å². The third kappa shape index (κ3) is 5.10. The van der Waals surface area contributed by atoms with Crippen LogP contribution in [0.4, 0.5) is 11.5 Å². The normalized spacial score (nSPS) is 19.9. The molecule has 0 saturated carbocycles. The van der Waals surface area contributed by atoms with E-state index < -0.39 is 5.54 Å². The highest BCUT2D eigenvalue weighted by Gasteiger charge is 2.46. The first-order valence-corrected chi connectivity index (χ1v) is 15.5. The smallest absolute Gasteiger partial charge is 0.264 e. The van der Waals surface area contributed by atoms with E-state index in [1.165, 1.54) is 23.4 Å². The minimum atomic E-state index is -0.640. The van der Waals surface area contributed by atoms with Crippen molar-refractivity contribution in [2.75, 3.05) is 69.3 Å². The highest BCUT2D eigenvalue weighted by Crippen LogP contribution is 2.38. The molecule has 0 radical (unpaired) electrons. The fraction of sp³-hybridized carbons (Fsp3) is 0.533. The Hall–Kier alpha value is -3.44. The molecule has 3 saturated heterocycles. The number of fused-ring (bicyclic) bond motifs is 1. The Morgan fingerprint density at radius 2 is 1.56 bits per heavy atom. The second-order valence-electron chi connectivity index (χ2n) is 11.3. The molecule has 0 spiro atoms. The molecule has 2 amide bonds. The number of likely N-dealkylation sites (tertiary alicyclic amines) is 2. The van der Waals surface area contributed by atoms with Gasteiger partial charge in [-0.2, -0.15) is 0 Å². The molecule has 5 heterocycles. The number of ether oxygens (including phenoxy) is 1. The lowest BCUT2D eigenvalue weighted by atomic mass is 9.83. The number of aryl methyl sites for hydroxylation is 1. The number of carbonyl (C=O) groups is 2. The molecule has 3 fully saturated rings. The van der Waals surface area contributed by atoms with Crippen molar-refractivity contribution in [1.29, 1.82) is 0 Å². The summed E-state index contributed by atoms with van der Waals surface area (Å²) in [6.45, 7) is 8.28. The number of amides is 2. The molecule has 11 heteroatoms. The molecule has 3 aliphatic rings. The summed E-state index contributed by atoms with van der Waals surface area (Å²) in [5.74, 6) is 1.51. The molecule has 3 aliphatic heterocycles. The van der Waals surface area contributed by atoms with Crippen molar-refractivity contribution in [2.24, 2.45) is 5.73 Å². The van der Waals surface area contributed by atoms with E-state index >= 15 is 0 Å². The van der Waals surface area contributed by atoms with Crippen molar-refractivity contribution in [2.45, 2.75) is 44.6 Å². The fourth-order valence-electron chi connectivity index (χ4n) is 6.73. The van der Waals surface area contributed by atoms with Crippen molar-refractivity contribution in [3.05, 3.63) is 41.0 Å². The van der Waals surface area contributed by atoms with Crippen LogP contribution in [0.3, 0.4) is 0 Å². The van der Waals surface area contributed by atoms with Crippen LogP contribution in [0.1, 0.15) is 47.3 Å². The number of piperidine rings is 2. The summed E-state index contributed by atoms with van der Waals surface area (Å²) in [7, 11) is 1.68. The van der Waals surface area contributed by atoms with Gasteiger partial charge in [-0.25, -0.2) is 9.97 Å². The number of hydrogen-bond acceptors (Lipinski definition) is 9. The summed E-state index contributed by atoms with van der Waals surface area (Å²) >= 11 is 1.45. The number of thiophene rings is 1. The highest BCUT2D eigenvalue weighted by atomic mass is 32.1. The first kappa shape index (κ1) is 27.7. The van der Waals surface area contributed by atoms with Gasteiger partial charge in [0.15, 0.2) is 0 Å². The van der Waals surface area contributed by atoms with Gasteiger partial charge in [-0.3, -0.25) is 14.5 Å². The predicted octanol–water partition coefficient (Wildman–Crippen LogP) is 3.28. The monoisotopic (exact) mass is 577 g/mol. The molecular weight excluding hydrogens is 538 g/mol. The lowest BCUT2D eigenvalue weighted by Crippen LogP contribution is -2.63. The van der Waals surface area contributed by atoms with E-state index in [0.29, 0.717) is 30.8 Å². The van der Waals surface area contributed by atoms with Crippen LogP contribution in [0.25, 0.3) is 10.2 Å². The third-order valence-corrected chi connectivity index (χ3v) is 10.4. The van der Waals surface area contributed by atoms with Crippen LogP contribution in [0.15, 0.2) is 30.6 Å². The number of nitrogens with zero attached hydrogens (tertiary/aromatic N) is 6. The maximum Gasteiger partial charge on any atom is 0.264 e. The van der Waals surface area contributed by atoms with Gasteiger partial charge < -0.3 is 25.2 Å². The molecule has 41 heavy (non-hydrogen) atoms. The number of piperazine rings is 1. The molecule has 0 unspecified atom stereocenters.